The molecule has 1 N–H and O–H groups in total. The SMILES string of the molecule is CCC(Nc1ccc2cc(Br)ccc2c1)C1CC1. The summed E-state index contributed by atoms with van der Waals surface area (Å²) in [7, 11) is 0. The van der Waals surface area contributed by atoms with Gasteiger partial charge in [-0.1, -0.05) is 35.0 Å². The summed E-state index contributed by atoms with van der Waals surface area (Å²) in [6.07, 6.45) is 4.00. The Morgan fingerprint density at radius 2 is 1.89 bits per heavy atom. The van der Waals surface area contributed by atoms with Gasteiger partial charge < -0.3 is 5.32 Å². The molecule has 1 aliphatic rings. The third-order valence-electron chi connectivity index (χ3n) is 3.79. The molecule has 2 heteroatoms. The van der Waals surface area contributed by atoms with Gasteiger partial charge in [-0.2, -0.15) is 0 Å². The smallest absolute Gasteiger partial charge is 0.0348 e. The number of benzene rings is 2. The lowest BCUT2D eigenvalue weighted by Crippen LogP contribution is -2.20. The Kier molecular flexibility index (Phi) is 3.29. The molecule has 3 rings (SSSR count). The van der Waals surface area contributed by atoms with E-state index in [0.29, 0.717) is 6.04 Å². The van der Waals surface area contributed by atoms with E-state index in [-0.39, 0.29) is 0 Å². The molecule has 94 valence electrons. The second-order valence-corrected chi connectivity index (χ2v) is 6.12. The lowest BCUT2D eigenvalue weighted by molar-refractivity contribution is 0.617. The molecule has 1 aliphatic carbocycles. The Morgan fingerprint density at radius 3 is 2.61 bits per heavy atom. The van der Waals surface area contributed by atoms with E-state index in [4.69, 9.17) is 0 Å². The Balaban J connectivity index is 1.86. The van der Waals surface area contributed by atoms with Gasteiger partial charge in [-0.3, -0.25) is 0 Å². The van der Waals surface area contributed by atoms with Crippen LogP contribution in [0.5, 0.6) is 0 Å². The van der Waals surface area contributed by atoms with Gasteiger partial charge >= 0.3 is 0 Å². The fourth-order valence-electron chi connectivity index (χ4n) is 2.57. The first-order valence-corrected chi connectivity index (χ1v) is 7.51. The van der Waals surface area contributed by atoms with Crippen molar-refractivity contribution in [3.8, 4) is 0 Å². The highest BCUT2D eigenvalue weighted by atomic mass is 79.9. The maximum absolute atomic E-state index is 3.69. The van der Waals surface area contributed by atoms with Gasteiger partial charge in [-0.15, -0.1) is 0 Å². The van der Waals surface area contributed by atoms with E-state index < -0.39 is 0 Å². The van der Waals surface area contributed by atoms with E-state index in [0.717, 1.165) is 10.4 Å². The van der Waals surface area contributed by atoms with Crippen molar-refractivity contribution >= 4 is 32.4 Å². The molecule has 1 unspecified atom stereocenters. The molecule has 0 radical (unpaired) electrons. The van der Waals surface area contributed by atoms with Crippen molar-refractivity contribution in [2.24, 2.45) is 5.92 Å². The second kappa shape index (κ2) is 4.93. The number of fused-ring (bicyclic) bond motifs is 1. The summed E-state index contributed by atoms with van der Waals surface area (Å²) < 4.78 is 1.14. The van der Waals surface area contributed by atoms with Gasteiger partial charge in [0, 0.05) is 16.2 Å². The van der Waals surface area contributed by atoms with Gasteiger partial charge in [0.1, 0.15) is 0 Å². The lowest BCUT2D eigenvalue weighted by Gasteiger charge is -2.18. The molecule has 0 spiro atoms. The zero-order chi connectivity index (χ0) is 12.5. The van der Waals surface area contributed by atoms with Crippen LogP contribution in [0.4, 0.5) is 5.69 Å². The van der Waals surface area contributed by atoms with E-state index in [1.165, 1.54) is 35.7 Å². The van der Waals surface area contributed by atoms with Crippen molar-refractivity contribution in [2.45, 2.75) is 32.2 Å². The monoisotopic (exact) mass is 303 g/mol. The highest BCUT2D eigenvalue weighted by Crippen LogP contribution is 2.36. The normalized spacial score (nSPS) is 16.8. The van der Waals surface area contributed by atoms with Crippen LogP contribution in [0.3, 0.4) is 0 Å². The first-order chi connectivity index (χ1) is 8.76. The van der Waals surface area contributed by atoms with Crippen LogP contribution in [0.15, 0.2) is 40.9 Å². The van der Waals surface area contributed by atoms with Gasteiger partial charge in [0.25, 0.3) is 0 Å². The minimum absolute atomic E-state index is 0.651. The van der Waals surface area contributed by atoms with E-state index >= 15 is 0 Å². The van der Waals surface area contributed by atoms with Crippen LogP contribution in [-0.4, -0.2) is 6.04 Å². The van der Waals surface area contributed by atoms with Gasteiger partial charge in [-0.05, 0) is 60.2 Å². The van der Waals surface area contributed by atoms with Crippen LogP contribution in [0.25, 0.3) is 10.8 Å². The molecule has 0 aromatic heterocycles. The molecule has 1 nitrogen and oxygen atoms in total. The first kappa shape index (κ1) is 12.0. The quantitative estimate of drug-likeness (QED) is 0.818. The van der Waals surface area contributed by atoms with Gasteiger partial charge in [0.05, 0.1) is 0 Å². The van der Waals surface area contributed by atoms with Gasteiger partial charge in [0.2, 0.25) is 0 Å². The highest BCUT2D eigenvalue weighted by molar-refractivity contribution is 9.10. The molecule has 0 bridgehead atoms. The largest absolute Gasteiger partial charge is 0.382 e. The summed E-state index contributed by atoms with van der Waals surface area (Å²) in [4.78, 5) is 0. The standard InChI is InChI=1S/C16H18BrN/c1-2-16(11-3-4-11)18-15-8-6-12-9-14(17)7-5-13(12)10-15/h5-11,16,18H,2-4H2,1H3. The van der Waals surface area contributed by atoms with E-state index in [1.54, 1.807) is 0 Å². The lowest BCUT2D eigenvalue weighted by atomic mass is 10.1. The topological polar surface area (TPSA) is 12.0 Å². The van der Waals surface area contributed by atoms with Crippen molar-refractivity contribution in [2.75, 3.05) is 5.32 Å². The van der Waals surface area contributed by atoms with Crippen LogP contribution < -0.4 is 5.32 Å². The molecule has 1 fully saturated rings. The summed E-state index contributed by atoms with van der Waals surface area (Å²) in [5, 5.41) is 6.27. The van der Waals surface area contributed by atoms with E-state index in [1.807, 2.05) is 0 Å². The minimum Gasteiger partial charge on any atom is -0.382 e. The number of halogens is 1. The van der Waals surface area contributed by atoms with E-state index in [2.05, 4.69) is 64.6 Å². The van der Waals surface area contributed by atoms with Gasteiger partial charge in [0.15, 0.2) is 0 Å². The third kappa shape index (κ3) is 2.54. The van der Waals surface area contributed by atoms with Crippen molar-refractivity contribution in [1.82, 2.24) is 0 Å². The molecule has 1 atom stereocenters. The Morgan fingerprint density at radius 1 is 1.17 bits per heavy atom. The highest BCUT2D eigenvalue weighted by Gasteiger charge is 2.29. The fourth-order valence-corrected chi connectivity index (χ4v) is 2.95. The van der Waals surface area contributed by atoms with Crippen molar-refractivity contribution < 1.29 is 0 Å². The number of hydrogen-bond acceptors (Lipinski definition) is 1. The van der Waals surface area contributed by atoms with Gasteiger partial charge in [-0.25, -0.2) is 0 Å². The second-order valence-electron chi connectivity index (χ2n) is 5.20. The summed E-state index contributed by atoms with van der Waals surface area (Å²) in [5.41, 5.74) is 1.25. The Labute approximate surface area is 117 Å². The molecule has 0 aliphatic heterocycles. The number of anilines is 1. The summed E-state index contributed by atoms with van der Waals surface area (Å²) in [6.45, 7) is 2.27. The zero-order valence-corrected chi connectivity index (χ0v) is 12.2. The van der Waals surface area contributed by atoms with E-state index in [9.17, 15) is 0 Å². The third-order valence-corrected chi connectivity index (χ3v) is 4.28. The average molecular weight is 304 g/mol. The molecule has 2 aromatic carbocycles. The molecule has 0 saturated heterocycles. The molecule has 18 heavy (non-hydrogen) atoms. The molecule has 0 heterocycles. The average Bonchev–Trinajstić information content (AvgIpc) is 3.20. The van der Waals surface area contributed by atoms with Crippen LogP contribution in [0.1, 0.15) is 26.2 Å². The molecule has 1 saturated carbocycles. The summed E-state index contributed by atoms with van der Waals surface area (Å²) in [5.74, 6) is 0.899. The summed E-state index contributed by atoms with van der Waals surface area (Å²) in [6, 6.07) is 13.7. The maximum Gasteiger partial charge on any atom is 0.0348 e. The fraction of sp³-hybridized carbons (Fsp3) is 0.375. The van der Waals surface area contributed by atoms with Crippen molar-refractivity contribution in [3.05, 3.63) is 40.9 Å². The van der Waals surface area contributed by atoms with Crippen LogP contribution in [-0.2, 0) is 0 Å². The minimum atomic E-state index is 0.651. The molecule has 2 aromatic rings. The first-order valence-electron chi connectivity index (χ1n) is 6.72. The van der Waals surface area contributed by atoms with Crippen LogP contribution in [0, 0.1) is 5.92 Å². The predicted molar refractivity (Wildman–Crippen MR) is 82.1 cm³/mol. The molecule has 0 amide bonds. The molecular formula is C16H18BrN. The van der Waals surface area contributed by atoms with Crippen molar-refractivity contribution in [1.29, 1.82) is 0 Å². The van der Waals surface area contributed by atoms with Crippen molar-refractivity contribution in [3.63, 3.8) is 0 Å². The van der Waals surface area contributed by atoms with Crippen LogP contribution in [0.2, 0.25) is 0 Å². The molecular weight excluding hydrogens is 286 g/mol. The Bertz CT molecular complexity index is 560. The zero-order valence-electron chi connectivity index (χ0n) is 10.6. The Hall–Kier alpha value is -1.02. The summed E-state index contributed by atoms with van der Waals surface area (Å²) >= 11 is 3.51. The number of nitrogens with one attached hydrogen (secondary N) is 1. The van der Waals surface area contributed by atoms with Crippen LogP contribution >= 0.6 is 15.9 Å². The number of hydrogen-bond donors (Lipinski definition) is 1. The predicted octanol–water partition coefficient (Wildman–Crippen LogP) is 5.20. The maximum atomic E-state index is 3.69. The number of rotatable bonds is 4.